The van der Waals surface area contributed by atoms with Crippen LogP contribution in [-0.4, -0.2) is 13.4 Å². The standard InChI is InChI=1S/C13H14ClN3O2S/c1-2-9-3-5-11(7-12(9)15)20(18,19)17-13-6-4-10(14)8-16-13/h3-8H,2,15H2,1H3,(H,16,17). The Balaban J connectivity index is 2.30. The summed E-state index contributed by atoms with van der Waals surface area (Å²) >= 11 is 5.70. The van der Waals surface area contributed by atoms with E-state index >= 15 is 0 Å². The number of aryl methyl sites for hydroxylation is 1. The number of hydrogen-bond donors (Lipinski definition) is 2. The third-order valence-corrected chi connectivity index (χ3v) is 4.35. The van der Waals surface area contributed by atoms with Gasteiger partial charge < -0.3 is 5.73 Å². The molecule has 0 radical (unpaired) electrons. The lowest BCUT2D eigenvalue weighted by Gasteiger charge is -2.09. The van der Waals surface area contributed by atoms with Crippen molar-refractivity contribution in [2.24, 2.45) is 0 Å². The van der Waals surface area contributed by atoms with E-state index in [1.807, 2.05) is 6.92 Å². The Hall–Kier alpha value is -1.79. The predicted molar refractivity (Wildman–Crippen MR) is 80.3 cm³/mol. The van der Waals surface area contributed by atoms with Gasteiger partial charge in [0.05, 0.1) is 9.92 Å². The second-order valence-electron chi connectivity index (χ2n) is 4.18. The van der Waals surface area contributed by atoms with Crippen molar-refractivity contribution >= 4 is 33.1 Å². The highest BCUT2D eigenvalue weighted by molar-refractivity contribution is 7.92. The Kier molecular flexibility index (Phi) is 4.15. The lowest BCUT2D eigenvalue weighted by Crippen LogP contribution is -2.14. The van der Waals surface area contributed by atoms with Crippen LogP contribution in [0.5, 0.6) is 0 Å². The van der Waals surface area contributed by atoms with Crippen LogP contribution in [0.2, 0.25) is 5.02 Å². The molecule has 1 aromatic carbocycles. The fourth-order valence-electron chi connectivity index (χ4n) is 1.69. The summed E-state index contributed by atoms with van der Waals surface area (Å²) in [7, 11) is -3.71. The summed E-state index contributed by atoms with van der Waals surface area (Å²) in [5.74, 6) is 0.201. The molecule has 7 heteroatoms. The molecule has 0 bridgehead atoms. The third-order valence-electron chi connectivity index (χ3n) is 2.77. The fourth-order valence-corrected chi connectivity index (χ4v) is 2.85. The van der Waals surface area contributed by atoms with Gasteiger partial charge in [0.25, 0.3) is 10.0 Å². The van der Waals surface area contributed by atoms with Crippen LogP contribution in [0.1, 0.15) is 12.5 Å². The molecular weight excluding hydrogens is 298 g/mol. The second-order valence-corrected chi connectivity index (χ2v) is 6.30. The maximum absolute atomic E-state index is 12.2. The van der Waals surface area contributed by atoms with E-state index in [-0.39, 0.29) is 10.7 Å². The summed E-state index contributed by atoms with van der Waals surface area (Å²) in [6.07, 6.45) is 2.12. The Morgan fingerprint density at radius 3 is 2.60 bits per heavy atom. The molecule has 0 saturated carbocycles. The summed E-state index contributed by atoms with van der Waals surface area (Å²) in [6, 6.07) is 7.72. The van der Waals surface area contributed by atoms with Crippen LogP contribution in [0.15, 0.2) is 41.4 Å². The van der Waals surface area contributed by atoms with Gasteiger partial charge in [0.1, 0.15) is 5.82 Å². The summed E-state index contributed by atoms with van der Waals surface area (Å²) in [6.45, 7) is 1.95. The van der Waals surface area contributed by atoms with E-state index in [2.05, 4.69) is 9.71 Å². The number of aromatic nitrogens is 1. The van der Waals surface area contributed by atoms with Crippen molar-refractivity contribution in [3.05, 3.63) is 47.1 Å². The number of hydrogen-bond acceptors (Lipinski definition) is 4. The molecule has 0 aliphatic carbocycles. The monoisotopic (exact) mass is 311 g/mol. The molecule has 0 amide bonds. The number of nitrogen functional groups attached to an aromatic ring is 1. The largest absolute Gasteiger partial charge is 0.398 e. The molecule has 0 spiro atoms. The van der Waals surface area contributed by atoms with E-state index < -0.39 is 10.0 Å². The van der Waals surface area contributed by atoms with Gasteiger partial charge in [-0.2, -0.15) is 0 Å². The molecular formula is C13H14ClN3O2S. The minimum absolute atomic E-state index is 0.101. The van der Waals surface area contributed by atoms with E-state index in [0.717, 1.165) is 12.0 Å². The smallest absolute Gasteiger partial charge is 0.263 e. The average Bonchev–Trinajstić information content (AvgIpc) is 2.41. The minimum atomic E-state index is -3.71. The van der Waals surface area contributed by atoms with Crippen LogP contribution in [0, 0.1) is 0 Å². The van der Waals surface area contributed by atoms with Gasteiger partial charge >= 0.3 is 0 Å². The molecule has 5 nitrogen and oxygen atoms in total. The van der Waals surface area contributed by atoms with Crippen LogP contribution in [0.4, 0.5) is 11.5 Å². The van der Waals surface area contributed by atoms with Gasteiger partial charge in [-0.25, -0.2) is 13.4 Å². The SMILES string of the molecule is CCc1ccc(S(=O)(=O)Nc2ccc(Cl)cn2)cc1N. The first-order valence-electron chi connectivity index (χ1n) is 5.95. The molecule has 3 N–H and O–H groups in total. The minimum Gasteiger partial charge on any atom is -0.398 e. The Morgan fingerprint density at radius 1 is 1.30 bits per heavy atom. The van der Waals surface area contributed by atoms with Crippen molar-refractivity contribution in [2.45, 2.75) is 18.2 Å². The molecule has 0 atom stereocenters. The van der Waals surface area contributed by atoms with Crippen molar-refractivity contribution in [1.29, 1.82) is 0 Å². The number of anilines is 2. The Labute approximate surface area is 122 Å². The molecule has 2 aromatic rings. The Morgan fingerprint density at radius 2 is 2.05 bits per heavy atom. The van der Waals surface area contributed by atoms with Crippen LogP contribution in [0.25, 0.3) is 0 Å². The van der Waals surface area contributed by atoms with Gasteiger partial charge in [0.15, 0.2) is 0 Å². The summed E-state index contributed by atoms with van der Waals surface area (Å²) in [4.78, 5) is 3.99. The number of benzene rings is 1. The number of sulfonamides is 1. The van der Waals surface area contributed by atoms with Gasteiger partial charge in [0.2, 0.25) is 0 Å². The van der Waals surface area contributed by atoms with Crippen LogP contribution in [0.3, 0.4) is 0 Å². The van der Waals surface area contributed by atoms with Gasteiger partial charge in [-0.1, -0.05) is 24.6 Å². The third kappa shape index (κ3) is 3.20. The number of nitrogens with one attached hydrogen (secondary N) is 1. The number of rotatable bonds is 4. The van der Waals surface area contributed by atoms with Crippen molar-refractivity contribution in [3.8, 4) is 0 Å². The molecule has 0 saturated heterocycles. The summed E-state index contributed by atoms with van der Waals surface area (Å²) in [5.41, 5.74) is 7.19. The highest BCUT2D eigenvalue weighted by atomic mass is 35.5. The maximum Gasteiger partial charge on any atom is 0.263 e. The molecule has 0 unspecified atom stereocenters. The fraction of sp³-hybridized carbons (Fsp3) is 0.154. The molecule has 1 aromatic heterocycles. The van der Waals surface area contributed by atoms with Crippen LogP contribution in [-0.2, 0) is 16.4 Å². The topological polar surface area (TPSA) is 85.1 Å². The zero-order chi connectivity index (χ0) is 14.8. The quantitative estimate of drug-likeness (QED) is 0.850. The van der Waals surface area contributed by atoms with Gasteiger partial charge in [-0.3, -0.25) is 4.72 Å². The molecule has 0 fully saturated rings. The first-order valence-corrected chi connectivity index (χ1v) is 7.81. The number of pyridine rings is 1. The Bertz CT molecular complexity index is 715. The van der Waals surface area contributed by atoms with Gasteiger partial charge in [-0.05, 0) is 36.2 Å². The normalized spacial score (nSPS) is 11.3. The summed E-state index contributed by atoms with van der Waals surface area (Å²) < 4.78 is 26.8. The summed E-state index contributed by atoms with van der Waals surface area (Å²) in [5, 5.41) is 0.435. The van der Waals surface area contributed by atoms with Crippen LogP contribution < -0.4 is 10.5 Å². The molecule has 0 aliphatic rings. The first kappa shape index (κ1) is 14.6. The molecule has 1 heterocycles. The van der Waals surface area contributed by atoms with Crippen molar-refractivity contribution < 1.29 is 8.42 Å². The van der Waals surface area contributed by atoms with E-state index in [4.69, 9.17) is 17.3 Å². The molecule has 2 rings (SSSR count). The van der Waals surface area contributed by atoms with E-state index in [1.54, 1.807) is 12.1 Å². The van der Waals surface area contributed by atoms with Gasteiger partial charge in [-0.15, -0.1) is 0 Å². The molecule has 106 valence electrons. The lowest BCUT2D eigenvalue weighted by atomic mass is 10.1. The number of halogens is 1. The maximum atomic E-state index is 12.2. The van der Waals surface area contributed by atoms with E-state index in [9.17, 15) is 8.42 Å². The zero-order valence-electron chi connectivity index (χ0n) is 10.8. The second kappa shape index (κ2) is 5.68. The predicted octanol–water partition coefficient (Wildman–Crippen LogP) is 2.68. The average molecular weight is 312 g/mol. The van der Waals surface area contributed by atoms with E-state index in [0.29, 0.717) is 10.7 Å². The number of nitrogens with zero attached hydrogens (tertiary/aromatic N) is 1. The zero-order valence-corrected chi connectivity index (χ0v) is 12.4. The molecule has 0 aliphatic heterocycles. The van der Waals surface area contributed by atoms with Crippen molar-refractivity contribution in [2.75, 3.05) is 10.5 Å². The highest BCUT2D eigenvalue weighted by Gasteiger charge is 2.15. The first-order chi connectivity index (χ1) is 9.42. The molecule has 20 heavy (non-hydrogen) atoms. The van der Waals surface area contributed by atoms with Crippen LogP contribution >= 0.6 is 11.6 Å². The van der Waals surface area contributed by atoms with Crippen molar-refractivity contribution in [1.82, 2.24) is 4.98 Å². The van der Waals surface area contributed by atoms with Gasteiger partial charge in [0, 0.05) is 11.9 Å². The van der Waals surface area contributed by atoms with Crippen molar-refractivity contribution in [3.63, 3.8) is 0 Å². The number of nitrogens with two attached hydrogens (primary N) is 1. The lowest BCUT2D eigenvalue weighted by molar-refractivity contribution is 0.601. The highest BCUT2D eigenvalue weighted by Crippen LogP contribution is 2.21. The van der Waals surface area contributed by atoms with E-state index in [1.165, 1.54) is 24.4 Å².